The van der Waals surface area contributed by atoms with E-state index in [9.17, 15) is 4.79 Å². The van der Waals surface area contributed by atoms with Gasteiger partial charge in [0, 0.05) is 44.4 Å². The van der Waals surface area contributed by atoms with Crippen molar-refractivity contribution in [2.24, 2.45) is 0 Å². The molecule has 3 rings (SSSR count). The quantitative estimate of drug-likeness (QED) is 0.928. The summed E-state index contributed by atoms with van der Waals surface area (Å²) in [5, 5.41) is 12.4. The molecular weight excluding hydrogens is 282 g/mol. The van der Waals surface area contributed by atoms with E-state index in [1.54, 1.807) is 0 Å². The number of aromatic carboxylic acids is 1. The third kappa shape index (κ3) is 3.35. The third-order valence-corrected chi connectivity index (χ3v) is 3.97. The summed E-state index contributed by atoms with van der Waals surface area (Å²) in [6.07, 6.45) is 0. The van der Waals surface area contributed by atoms with Crippen molar-refractivity contribution in [2.75, 3.05) is 33.2 Å². The summed E-state index contributed by atoms with van der Waals surface area (Å²) >= 11 is 0. The number of rotatable bonds is 4. The van der Waals surface area contributed by atoms with Crippen molar-refractivity contribution in [1.82, 2.24) is 15.0 Å². The van der Waals surface area contributed by atoms with Gasteiger partial charge in [0.15, 0.2) is 11.5 Å². The summed E-state index contributed by atoms with van der Waals surface area (Å²) in [6.45, 7) is 5.32. The lowest BCUT2D eigenvalue weighted by molar-refractivity contribution is 0.0686. The highest BCUT2D eigenvalue weighted by Gasteiger charge is 2.15. The highest BCUT2D eigenvalue weighted by Crippen LogP contribution is 2.21. The number of nitrogens with zero attached hydrogens (tertiary/aromatic N) is 3. The van der Waals surface area contributed by atoms with E-state index in [2.05, 4.69) is 34.1 Å². The Kier molecular flexibility index (Phi) is 4.22. The molecule has 2 aromatic rings. The summed E-state index contributed by atoms with van der Waals surface area (Å²) in [5.74, 6) is -0.606. The fourth-order valence-corrected chi connectivity index (χ4v) is 2.55. The Morgan fingerprint density at radius 3 is 2.50 bits per heavy atom. The van der Waals surface area contributed by atoms with E-state index in [-0.39, 0.29) is 5.69 Å². The number of hydrogen-bond donors (Lipinski definition) is 1. The van der Waals surface area contributed by atoms with Gasteiger partial charge in [0.2, 0.25) is 0 Å². The molecule has 116 valence electrons. The molecule has 0 amide bonds. The minimum atomic E-state index is -1.08. The van der Waals surface area contributed by atoms with Crippen LogP contribution in [0.15, 0.2) is 34.9 Å². The van der Waals surface area contributed by atoms with Crippen LogP contribution < -0.4 is 0 Å². The number of carboxylic acid groups (broad SMARTS) is 1. The van der Waals surface area contributed by atoms with Gasteiger partial charge in [-0.1, -0.05) is 29.4 Å². The van der Waals surface area contributed by atoms with Gasteiger partial charge in [-0.05, 0) is 12.6 Å². The Morgan fingerprint density at radius 2 is 1.91 bits per heavy atom. The first kappa shape index (κ1) is 14.7. The maximum atomic E-state index is 10.8. The van der Waals surface area contributed by atoms with Crippen LogP contribution in [0.25, 0.3) is 11.3 Å². The van der Waals surface area contributed by atoms with Gasteiger partial charge in [-0.25, -0.2) is 4.79 Å². The van der Waals surface area contributed by atoms with Crippen molar-refractivity contribution in [3.05, 3.63) is 41.6 Å². The second kappa shape index (κ2) is 6.29. The molecule has 22 heavy (non-hydrogen) atoms. The Labute approximate surface area is 128 Å². The first-order valence-corrected chi connectivity index (χ1v) is 7.32. The van der Waals surface area contributed by atoms with E-state index in [4.69, 9.17) is 9.63 Å². The van der Waals surface area contributed by atoms with Crippen molar-refractivity contribution in [3.8, 4) is 11.3 Å². The average molecular weight is 301 g/mol. The number of likely N-dealkylation sites (N-methyl/N-ethyl adjacent to an activating group) is 1. The van der Waals surface area contributed by atoms with Crippen LogP contribution in [-0.4, -0.2) is 59.3 Å². The van der Waals surface area contributed by atoms with Gasteiger partial charge in [0.25, 0.3) is 0 Å². The maximum absolute atomic E-state index is 10.8. The minimum Gasteiger partial charge on any atom is -0.476 e. The summed E-state index contributed by atoms with van der Waals surface area (Å²) in [5.41, 5.74) is 2.00. The predicted molar refractivity (Wildman–Crippen MR) is 81.7 cm³/mol. The van der Waals surface area contributed by atoms with Gasteiger partial charge in [-0.15, -0.1) is 0 Å². The average Bonchev–Trinajstić information content (AvgIpc) is 3.00. The fourth-order valence-electron chi connectivity index (χ4n) is 2.55. The molecule has 1 saturated heterocycles. The summed E-state index contributed by atoms with van der Waals surface area (Å²) < 4.78 is 5.07. The van der Waals surface area contributed by atoms with Gasteiger partial charge in [0.1, 0.15) is 0 Å². The van der Waals surface area contributed by atoms with E-state index >= 15 is 0 Å². The lowest BCUT2D eigenvalue weighted by Crippen LogP contribution is -2.43. The smallest absolute Gasteiger partial charge is 0.358 e. The first-order chi connectivity index (χ1) is 10.6. The predicted octanol–water partition coefficient (Wildman–Crippen LogP) is 1.79. The molecule has 0 atom stereocenters. The standard InChI is InChI=1S/C16H19N3O3/c1-18-6-8-19(9-7-18)11-12-2-4-13(5-3-12)15-10-14(16(20)21)17-22-15/h2-5,10H,6-9,11H2,1H3,(H,20,21). The molecule has 6 nitrogen and oxygen atoms in total. The molecule has 1 aliphatic rings. The minimum absolute atomic E-state index is 0.0727. The normalized spacial score (nSPS) is 16.8. The Morgan fingerprint density at radius 1 is 1.23 bits per heavy atom. The molecule has 1 aliphatic heterocycles. The molecule has 2 heterocycles. The largest absolute Gasteiger partial charge is 0.476 e. The number of benzene rings is 1. The highest BCUT2D eigenvalue weighted by molar-refractivity contribution is 5.86. The van der Waals surface area contributed by atoms with Crippen molar-refractivity contribution in [1.29, 1.82) is 0 Å². The molecule has 0 radical (unpaired) electrons. The van der Waals surface area contributed by atoms with Crippen LogP contribution >= 0.6 is 0 Å². The number of aromatic nitrogens is 1. The highest BCUT2D eigenvalue weighted by atomic mass is 16.5. The van der Waals surface area contributed by atoms with Crippen molar-refractivity contribution < 1.29 is 14.4 Å². The summed E-state index contributed by atoms with van der Waals surface area (Å²) in [6, 6.07) is 9.43. The fraction of sp³-hybridized carbons (Fsp3) is 0.375. The SMILES string of the molecule is CN1CCN(Cc2ccc(-c3cc(C(=O)O)no3)cc2)CC1. The molecule has 0 aliphatic carbocycles. The van der Waals surface area contributed by atoms with Crippen LogP contribution in [0.2, 0.25) is 0 Å². The molecule has 0 spiro atoms. The maximum Gasteiger partial charge on any atom is 0.358 e. The zero-order valence-corrected chi connectivity index (χ0v) is 12.5. The van der Waals surface area contributed by atoms with E-state index < -0.39 is 5.97 Å². The Bertz CT molecular complexity index is 643. The zero-order valence-electron chi connectivity index (χ0n) is 12.5. The van der Waals surface area contributed by atoms with Crippen LogP contribution in [-0.2, 0) is 6.54 Å². The van der Waals surface area contributed by atoms with E-state index in [0.29, 0.717) is 5.76 Å². The monoisotopic (exact) mass is 301 g/mol. The zero-order chi connectivity index (χ0) is 15.5. The second-order valence-corrected chi connectivity index (χ2v) is 5.66. The number of hydrogen-bond acceptors (Lipinski definition) is 5. The first-order valence-electron chi connectivity index (χ1n) is 7.32. The van der Waals surface area contributed by atoms with E-state index in [1.807, 2.05) is 12.1 Å². The Balaban J connectivity index is 1.65. The third-order valence-electron chi connectivity index (χ3n) is 3.97. The molecule has 6 heteroatoms. The van der Waals surface area contributed by atoms with Crippen molar-refractivity contribution in [3.63, 3.8) is 0 Å². The molecule has 0 unspecified atom stereocenters. The van der Waals surface area contributed by atoms with Crippen LogP contribution in [0.1, 0.15) is 16.1 Å². The van der Waals surface area contributed by atoms with Gasteiger partial charge < -0.3 is 14.5 Å². The van der Waals surface area contributed by atoms with Crippen LogP contribution in [0.4, 0.5) is 0 Å². The van der Waals surface area contributed by atoms with Crippen LogP contribution in [0.5, 0.6) is 0 Å². The number of carbonyl (C=O) groups is 1. The Hall–Kier alpha value is -2.18. The lowest BCUT2D eigenvalue weighted by Gasteiger charge is -2.32. The van der Waals surface area contributed by atoms with Gasteiger partial charge in [-0.2, -0.15) is 0 Å². The van der Waals surface area contributed by atoms with Crippen LogP contribution in [0.3, 0.4) is 0 Å². The van der Waals surface area contributed by atoms with E-state index in [1.165, 1.54) is 11.6 Å². The number of carboxylic acids is 1. The molecule has 1 aromatic carbocycles. The summed E-state index contributed by atoms with van der Waals surface area (Å²) in [4.78, 5) is 15.6. The van der Waals surface area contributed by atoms with Crippen molar-refractivity contribution >= 4 is 5.97 Å². The molecule has 1 N–H and O–H groups in total. The molecule has 0 bridgehead atoms. The second-order valence-electron chi connectivity index (χ2n) is 5.66. The molecular formula is C16H19N3O3. The lowest BCUT2D eigenvalue weighted by atomic mass is 10.1. The van der Waals surface area contributed by atoms with Crippen molar-refractivity contribution in [2.45, 2.75) is 6.54 Å². The molecule has 1 aromatic heterocycles. The molecule has 0 saturated carbocycles. The molecule has 1 fully saturated rings. The van der Waals surface area contributed by atoms with Crippen LogP contribution in [0, 0.1) is 0 Å². The summed E-state index contributed by atoms with van der Waals surface area (Å²) in [7, 11) is 2.15. The number of piperazine rings is 1. The van der Waals surface area contributed by atoms with Gasteiger partial charge >= 0.3 is 5.97 Å². The topological polar surface area (TPSA) is 69.8 Å². The van der Waals surface area contributed by atoms with Gasteiger partial charge in [0.05, 0.1) is 0 Å². The van der Waals surface area contributed by atoms with E-state index in [0.717, 1.165) is 38.3 Å². The van der Waals surface area contributed by atoms with Gasteiger partial charge in [-0.3, -0.25) is 4.90 Å².